The molecule has 0 aromatic rings. The molecule has 0 fully saturated rings. The van der Waals surface area contributed by atoms with E-state index in [0.717, 1.165) is 0 Å². The third-order valence-corrected chi connectivity index (χ3v) is 2.01. The number of carbonyl (C=O) groups excluding carboxylic acids is 2. The number of hydrogen-bond donors (Lipinski definition) is 1. The predicted octanol–water partition coefficient (Wildman–Crippen LogP) is 2.92. The molecule has 6 nitrogen and oxygen atoms in total. The largest absolute Gasteiger partial charge is 0.458 e. The minimum absolute atomic E-state index is 0.0659. The molecule has 0 spiro atoms. The van der Waals surface area contributed by atoms with E-state index < -0.39 is 35.8 Å². The van der Waals surface area contributed by atoms with Gasteiger partial charge in [0.25, 0.3) is 0 Å². The second kappa shape index (κ2) is 7.87. The molecule has 0 aliphatic heterocycles. The molecular weight excluding hydrogens is 277 g/mol. The zero-order valence-corrected chi connectivity index (χ0v) is 13.6. The zero-order valence-electron chi connectivity index (χ0n) is 15.6. The summed E-state index contributed by atoms with van der Waals surface area (Å²) in [6, 6.07) is -1.08. The second-order valence-electron chi connectivity index (χ2n) is 6.54. The first-order valence-electron chi connectivity index (χ1n) is 7.76. The van der Waals surface area contributed by atoms with Crippen LogP contribution in [0.5, 0.6) is 0 Å². The van der Waals surface area contributed by atoms with Crippen molar-refractivity contribution in [3.8, 4) is 0 Å². The Hall–Kier alpha value is -1.77. The fraction of sp³-hybridized carbons (Fsp3) is 0.800. The lowest BCUT2D eigenvalue weighted by molar-refractivity contribution is -0.157. The Morgan fingerprint density at radius 2 is 1.71 bits per heavy atom. The predicted molar refractivity (Wildman–Crippen MR) is 79.7 cm³/mol. The van der Waals surface area contributed by atoms with Gasteiger partial charge in [-0.15, -0.1) is 0 Å². The average Bonchev–Trinajstić information content (AvgIpc) is 2.30. The molecule has 0 aliphatic carbocycles. The zero-order chi connectivity index (χ0) is 18.5. The van der Waals surface area contributed by atoms with Gasteiger partial charge >= 0.3 is 12.1 Å². The summed E-state index contributed by atoms with van der Waals surface area (Å²) in [5.74, 6) is -0.691. The quantitative estimate of drug-likeness (QED) is 0.367. The third kappa shape index (κ3) is 10.7. The molecule has 0 heterocycles. The fourth-order valence-electron chi connectivity index (χ4n) is 1.34. The molecular formula is C15H26N2O4. The van der Waals surface area contributed by atoms with Gasteiger partial charge in [0.15, 0.2) is 0 Å². The summed E-state index contributed by atoms with van der Waals surface area (Å²) in [5, 5.41) is 2.39. The minimum Gasteiger partial charge on any atom is -0.458 e. The molecule has 0 saturated heterocycles. The van der Waals surface area contributed by atoms with Gasteiger partial charge in [-0.25, -0.2) is 16.2 Å². The molecule has 0 aromatic heterocycles. The topological polar surface area (TPSA) is 69.0 Å². The summed E-state index contributed by atoms with van der Waals surface area (Å²) in [6.45, 7) is 14.8. The molecule has 0 aromatic carbocycles. The molecule has 0 rings (SSSR count). The van der Waals surface area contributed by atoms with Crippen LogP contribution < -0.4 is 5.32 Å². The van der Waals surface area contributed by atoms with Gasteiger partial charge in [-0.05, 0) is 48.0 Å². The van der Waals surface area contributed by atoms with Crippen molar-refractivity contribution < 1.29 is 21.8 Å². The molecule has 0 unspecified atom stereocenters. The number of hydrogen-bond acceptors (Lipinski definition) is 4. The van der Waals surface area contributed by atoms with E-state index in [-0.39, 0.29) is 12.8 Å². The summed E-state index contributed by atoms with van der Waals surface area (Å²) >= 11 is 0. The lowest BCUT2D eigenvalue weighted by Gasteiger charge is -2.26. The first-order valence-corrected chi connectivity index (χ1v) is 6.76. The lowest BCUT2D eigenvalue weighted by Crippen LogP contribution is -2.46. The first-order chi connectivity index (χ1) is 10.2. The molecule has 21 heavy (non-hydrogen) atoms. The number of nitrogens with one attached hydrogen (secondary N) is 1. The van der Waals surface area contributed by atoms with Crippen LogP contribution in [0.1, 0.15) is 57.1 Å². The lowest BCUT2D eigenvalue weighted by atomic mass is 10.2. The Morgan fingerprint density at radius 1 is 1.19 bits per heavy atom. The number of ether oxygens (including phenoxy) is 2. The monoisotopic (exact) mass is 305 g/mol. The summed E-state index contributed by atoms with van der Waals surface area (Å²) < 4.78 is 25.2. The van der Waals surface area contributed by atoms with Crippen molar-refractivity contribution in [2.75, 3.05) is 6.50 Å². The van der Waals surface area contributed by atoms with Crippen molar-refractivity contribution >= 4 is 12.1 Å². The number of amides is 1. The average molecular weight is 305 g/mol. The van der Waals surface area contributed by atoms with E-state index in [2.05, 4.69) is 10.2 Å². The van der Waals surface area contributed by atoms with Crippen LogP contribution in [0.4, 0.5) is 4.79 Å². The van der Waals surface area contributed by atoms with Crippen molar-refractivity contribution in [1.29, 1.82) is 0 Å². The van der Waals surface area contributed by atoms with Crippen LogP contribution in [0.3, 0.4) is 0 Å². The Labute approximate surface area is 129 Å². The highest BCUT2D eigenvalue weighted by Gasteiger charge is 2.28. The van der Waals surface area contributed by atoms with Crippen molar-refractivity contribution in [2.45, 2.75) is 71.6 Å². The minimum atomic E-state index is -2.10. The maximum absolute atomic E-state index is 12.2. The van der Waals surface area contributed by atoms with E-state index in [4.69, 9.17) is 18.8 Å². The number of nitrogens with zero attached hydrogens (tertiary/aromatic N) is 1. The van der Waals surface area contributed by atoms with Gasteiger partial charge in [-0.2, -0.15) is 0 Å². The number of carbonyl (C=O) groups is 2. The van der Waals surface area contributed by atoms with Crippen LogP contribution in [0.15, 0.2) is 0 Å². The van der Waals surface area contributed by atoms with Crippen LogP contribution in [-0.4, -0.2) is 35.8 Å². The van der Waals surface area contributed by atoms with Gasteiger partial charge in [0, 0.05) is 6.42 Å². The second-order valence-corrected chi connectivity index (χ2v) is 6.54. The molecule has 0 saturated carbocycles. The standard InChI is InChI=1S/C15H26N2O4/c1-14(2,3)20-12(18)11(9-8-10-16-7)17-13(19)21-15(4,5)6/h11H,8-10H2,1-6H3,(H,17,19)/t11-/m1/s1/i7+1,9+1,10+1D2,16+1,17+1. The highest BCUT2D eigenvalue weighted by Crippen LogP contribution is 2.12. The Balaban J connectivity index is 4.97. The Bertz CT molecular complexity index is 473. The normalized spacial score (nSPS) is 15.1. The van der Waals surface area contributed by atoms with E-state index in [1.165, 1.54) is 0 Å². The van der Waals surface area contributed by atoms with Gasteiger partial charge in [0.1, 0.15) is 20.0 Å². The summed E-state index contributed by atoms with van der Waals surface area (Å²) in [4.78, 5) is 26.9. The molecule has 0 radical (unpaired) electrons. The van der Waals surface area contributed by atoms with Crippen LogP contribution in [0.25, 0.3) is 4.85 Å². The van der Waals surface area contributed by atoms with Crippen LogP contribution in [-0.2, 0) is 14.3 Å². The smallest absolute Gasteiger partial charge is 0.408 e. The summed E-state index contributed by atoms with van der Waals surface area (Å²) in [6.07, 6.45) is -1.07. The SMILES string of the molecule is [2H][13C]([2H])(C[13CH2][C@@H]([15NH]C(=O)OC(C)(C)C)C(=O)OC(C)(C)C)[15N+]#[13C-]. The number of esters is 1. The van der Waals surface area contributed by atoms with Gasteiger partial charge < -0.3 is 19.6 Å². The van der Waals surface area contributed by atoms with E-state index in [0.29, 0.717) is 0 Å². The van der Waals surface area contributed by atoms with Crippen LogP contribution >= 0.6 is 0 Å². The van der Waals surface area contributed by atoms with Gasteiger partial charge in [0.2, 0.25) is 6.50 Å². The van der Waals surface area contributed by atoms with Gasteiger partial charge in [-0.3, -0.25) is 0 Å². The van der Waals surface area contributed by atoms with Crippen molar-refractivity contribution in [3.63, 3.8) is 0 Å². The summed E-state index contributed by atoms with van der Waals surface area (Å²) in [5.41, 5.74) is -1.47. The van der Waals surface area contributed by atoms with E-state index in [1.54, 1.807) is 41.5 Å². The summed E-state index contributed by atoms with van der Waals surface area (Å²) in [7, 11) is 0. The van der Waals surface area contributed by atoms with Crippen molar-refractivity contribution in [2.24, 2.45) is 0 Å². The van der Waals surface area contributed by atoms with Gasteiger partial charge in [-0.1, -0.05) is 0 Å². The van der Waals surface area contributed by atoms with Crippen molar-refractivity contribution in [1.82, 2.24) is 5.32 Å². The maximum Gasteiger partial charge on any atom is 0.408 e. The van der Waals surface area contributed by atoms with Crippen molar-refractivity contribution in [3.05, 3.63) is 11.4 Å². The molecule has 1 N–H and O–H groups in total. The number of rotatable bonds is 5. The molecule has 1 amide bonds. The van der Waals surface area contributed by atoms with Crippen LogP contribution in [0.2, 0.25) is 0 Å². The third-order valence-electron chi connectivity index (χ3n) is 2.01. The molecule has 0 bridgehead atoms. The number of alkyl carbamates (subject to hydrolysis) is 1. The van der Waals surface area contributed by atoms with Gasteiger partial charge in [0.05, 0.1) is 0 Å². The molecule has 6 heteroatoms. The molecule has 120 valence electrons. The fourth-order valence-corrected chi connectivity index (χ4v) is 1.34. The Kier molecular flexibility index (Phi) is 5.85. The highest BCUT2D eigenvalue weighted by molar-refractivity contribution is 5.81. The first kappa shape index (κ1) is 15.6. The molecule has 1 atom stereocenters. The van der Waals surface area contributed by atoms with E-state index >= 15 is 0 Å². The highest BCUT2D eigenvalue weighted by atomic mass is 16.6. The van der Waals surface area contributed by atoms with E-state index in [1.807, 2.05) is 0 Å². The Morgan fingerprint density at radius 3 is 2.14 bits per heavy atom. The van der Waals surface area contributed by atoms with Crippen LogP contribution in [0, 0.1) is 6.57 Å². The van der Waals surface area contributed by atoms with E-state index in [9.17, 15) is 9.59 Å². The molecule has 0 aliphatic rings. The maximum atomic E-state index is 12.2.